The molecule has 0 saturated heterocycles. The van der Waals surface area contributed by atoms with Crippen LogP contribution >= 0.6 is 0 Å². The number of esters is 1. The van der Waals surface area contributed by atoms with Crippen molar-refractivity contribution in [2.45, 2.75) is 51.9 Å². The summed E-state index contributed by atoms with van der Waals surface area (Å²) in [5.41, 5.74) is 4.11. The number of benzene rings is 2. The van der Waals surface area contributed by atoms with E-state index in [1.807, 2.05) is 24.3 Å². The summed E-state index contributed by atoms with van der Waals surface area (Å²) in [6.45, 7) is 7.87. The number of carbonyl (C=O) groups is 1. The zero-order chi connectivity index (χ0) is 18.1. The number of aryl methyl sites for hydroxylation is 2. The molecule has 0 spiro atoms. The Labute approximate surface area is 151 Å². The third kappa shape index (κ3) is 5.90. The molecule has 0 aromatic heterocycles. The number of hydrogen-bond acceptors (Lipinski definition) is 2. The maximum atomic E-state index is 11.2. The van der Waals surface area contributed by atoms with E-state index in [4.69, 9.17) is 4.74 Å². The molecule has 2 aromatic rings. The van der Waals surface area contributed by atoms with Crippen molar-refractivity contribution in [1.29, 1.82) is 0 Å². The molecule has 1 atom stereocenters. The average molecular weight is 336 g/mol. The van der Waals surface area contributed by atoms with Gasteiger partial charge in [0, 0.05) is 6.08 Å². The Hall–Kier alpha value is -2.35. The lowest BCUT2D eigenvalue weighted by Gasteiger charge is -2.16. The van der Waals surface area contributed by atoms with Crippen LogP contribution in [0.25, 0.3) is 0 Å². The molecule has 0 amide bonds. The molecule has 2 aromatic carbocycles. The highest BCUT2D eigenvalue weighted by atomic mass is 16.5. The Bertz CT molecular complexity index is 668. The van der Waals surface area contributed by atoms with E-state index < -0.39 is 5.97 Å². The smallest absolute Gasteiger partial charge is 0.335 e. The second-order valence-corrected chi connectivity index (χ2v) is 6.40. The Morgan fingerprint density at radius 3 is 2.16 bits per heavy atom. The molecule has 0 bridgehead atoms. The van der Waals surface area contributed by atoms with E-state index in [1.165, 1.54) is 29.2 Å². The van der Waals surface area contributed by atoms with Gasteiger partial charge in [-0.2, -0.15) is 0 Å². The molecule has 2 heteroatoms. The van der Waals surface area contributed by atoms with Gasteiger partial charge in [-0.3, -0.25) is 0 Å². The van der Waals surface area contributed by atoms with Crippen LogP contribution < -0.4 is 4.74 Å². The molecule has 0 heterocycles. The fraction of sp³-hybridized carbons (Fsp3) is 0.348. The molecule has 0 N–H and O–H groups in total. The van der Waals surface area contributed by atoms with Gasteiger partial charge in [0.25, 0.3) is 0 Å². The summed E-state index contributed by atoms with van der Waals surface area (Å²) < 4.78 is 5.11. The predicted molar refractivity (Wildman–Crippen MR) is 104 cm³/mol. The van der Waals surface area contributed by atoms with Gasteiger partial charge in [0.15, 0.2) is 0 Å². The molecule has 25 heavy (non-hydrogen) atoms. The van der Waals surface area contributed by atoms with E-state index in [1.54, 1.807) is 0 Å². The lowest BCUT2D eigenvalue weighted by atomic mass is 9.89. The summed E-state index contributed by atoms with van der Waals surface area (Å²) in [6.07, 6.45) is 6.79. The van der Waals surface area contributed by atoms with Crippen molar-refractivity contribution in [3.8, 4) is 5.75 Å². The summed E-state index contributed by atoms with van der Waals surface area (Å²) >= 11 is 0. The number of ether oxygens (including phenoxy) is 1. The first-order valence-corrected chi connectivity index (χ1v) is 9.18. The van der Waals surface area contributed by atoms with Gasteiger partial charge in [0.1, 0.15) is 5.75 Å². The van der Waals surface area contributed by atoms with Gasteiger partial charge in [-0.05, 0) is 60.4 Å². The van der Waals surface area contributed by atoms with Crippen LogP contribution in [-0.4, -0.2) is 5.97 Å². The minimum Gasteiger partial charge on any atom is -0.423 e. The molecule has 0 radical (unpaired) electrons. The molecule has 2 nitrogen and oxygen atoms in total. The molecule has 0 saturated carbocycles. The van der Waals surface area contributed by atoms with Crippen molar-refractivity contribution >= 4 is 5.97 Å². The van der Waals surface area contributed by atoms with E-state index >= 15 is 0 Å². The maximum Gasteiger partial charge on any atom is 0.335 e. The zero-order valence-corrected chi connectivity index (χ0v) is 15.3. The Balaban J connectivity index is 1.93. The van der Waals surface area contributed by atoms with Crippen molar-refractivity contribution in [3.63, 3.8) is 0 Å². The van der Waals surface area contributed by atoms with Crippen molar-refractivity contribution < 1.29 is 9.53 Å². The van der Waals surface area contributed by atoms with Crippen molar-refractivity contribution in [2.75, 3.05) is 0 Å². The Morgan fingerprint density at radius 2 is 1.60 bits per heavy atom. The lowest BCUT2D eigenvalue weighted by Crippen LogP contribution is -2.03. The molecule has 0 aliphatic rings. The molecular weight excluding hydrogens is 308 g/mol. The Morgan fingerprint density at radius 1 is 1.00 bits per heavy atom. The molecule has 0 fully saturated rings. The van der Waals surface area contributed by atoms with Gasteiger partial charge in [0.05, 0.1) is 0 Å². The highest BCUT2D eigenvalue weighted by Crippen LogP contribution is 2.26. The first-order chi connectivity index (χ1) is 12.2. The second kappa shape index (κ2) is 9.83. The summed E-state index contributed by atoms with van der Waals surface area (Å²) in [5, 5.41) is 0. The van der Waals surface area contributed by atoms with Crippen molar-refractivity contribution in [3.05, 3.63) is 77.9 Å². The number of carbonyl (C=O) groups excluding carboxylic acids is 1. The van der Waals surface area contributed by atoms with Gasteiger partial charge in [-0.25, -0.2) is 4.79 Å². The van der Waals surface area contributed by atoms with Gasteiger partial charge in [0.2, 0.25) is 0 Å². The molecule has 0 aliphatic carbocycles. The molecular formula is C23H28O2. The minimum absolute atomic E-state index is 0.426. The third-order valence-electron chi connectivity index (χ3n) is 4.57. The highest BCUT2D eigenvalue weighted by Gasteiger charge is 2.10. The standard InChI is InChI=1S/C23H28O2/c1-4-7-18-9-14-21(15-10-18)20(5-2)13-8-19-11-16-22(17-12-19)25-23(24)6-3/h6,9-12,14-17,20H,3-5,7-8,13H2,1-2H3. The lowest BCUT2D eigenvalue weighted by molar-refractivity contribution is -0.128. The van der Waals surface area contributed by atoms with E-state index in [-0.39, 0.29) is 0 Å². The Kier molecular flexibility index (Phi) is 7.46. The van der Waals surface area contributed by atoms with Crippen molar-refractivity contribution in [2.24, 2.45) is 0 Å². The van der Waals surface area contributed by atoms with Gasteiger partial charge in [-0.15, -0.1) is 0 Å². The molecule has 132 valence electrons. The average Bonchev–Trinajstić information content (AvgIpc) is 2.65. The van der Waals surface area contributed by atoms with Crippen molar-refractivity contribution in [1.82, 2.24) is 0 Å². The third-order valence-corrected chi connectivity index (χ3v) is 4.57. The van der Waals surface area contributed by atoms with E-state index in [2.05, 4.69) is 44.7 Å². The van der Waals surface area contributed by atoms with Crippen LogP contribution in [0.2, 0.25) is 0 Å². The first-order valence-electron chi connectivity index (χ1n) is 9.18. The predicted octanol–water partition coefficient (Wildman–Crippen LogP) is 5.86. The minimum atomic E-state index is -0.426. The summed E-state index contributed by atoms with van der Waals surface area (Å²) in [4.78, 5) is 11.2. The summed E-state index contributed by atoms with van der Waals surface area (Å²) in [7, 11) is 0. The van der Waals surface area contributed by atoms with Crippen LogP contribution in [-0.2, 0) is 17.6 Å². The highest BCUT2D eigenvalue weighted by molar-refractivity contribution is 5.83. The number of rotatable bonds is 9. The fourth-order valence-electron chi connectivity index (χ4n) is 3.07. The second-order valence-electron chi connectivity index (χ2n) is 6.40. The van der Waals surface area contributed by atoms with E-state index in [0.717, 1.165) is 25.7 Å². The number of hydrogen-bond donors (Lipinski definition) is 0. The SMILES string of the molecule is C=CC(=O)Oc1ccc(CCC(CC)c2ccc(CCC)cc2)cc1. The van der Waals surface area contributed by atoms with E-state index in [0.29, 0.717) is 11.7 Å². The summed E-state index contributed by atoms with van der Waals surface area (Å²) in [5.74, 6) is 0.714. The maximum absolute atomic E-state index is 11.2. The fourth-order valence-corrected chi connectivity index (χ4v) is 3.07. The van der Waals surface area contributed by atoms with Crippen LogP contribution in [0.4, 0.5) is 0 Å². The van der Waals surface area contributed by atoms with Crippen LogP contribution in [0.15, 0.2) is 61.2 Å². The quantitative estimate of drug-likeness (QED) is 0.326. The monoisotopic (exact) mass is 336 g/mol. The van der Waals surface area contributed by atoms with Gasteiger partial charge in [-0.1, -0.05) is 63.2 Å². The normalized spacial score (nSPS) is 11.8. The first kappa shape index (κ1) is 19.0. The van der Waals surface area contributed by atoms with Crippen LogP contribution in [0.1, 0.15) is 55.7 Å². The molecule has 2 rings (SSSR count). The zero-order valence-electron chi connectivity index (χ0n) is 15.3. The molecule has 0 aliphatic heterocycles. The van der Waals surface area contributed by atoms with Crippen LogP contribution in [0, 0.1) is 0 Å². The van der Waals surface area contributed by atoms with Gasteiger partial charge < -0.3 is 4.74 Å². The summed E-state index contributed by atoms with van der Waals surface area (Å²) in [6, 6.07) is 16.9. The topological polar surface area (TPSA) is 26.3 Å². The van der Waals surface area contributed by atoms with E-state index in [9.17, 15) is 4.79 Å². The van der Waals surface area contributed by atoms with Gasteiger partial charge >= 0.3 is 5.97 Å². The van der Waals surface area contributed by atoms with Crippen LogP contribution in [0.3, 0.4) is 0 Å². The molecule has 1 unspecified atom stereocenters. The van der Waals surface area contributed by atoms with Crippen LogP contribution in [0.5, 0.6) is 5.75 Å². The largest absolute Gasteiger partial charge is 0.423 e.